The third kappa shape index (κ3) is 5.28. The zero-order valence-corrected chi connectivity index (χ0v) is 14.4. The summed E-state index contributed by atoms with van der Waals surface area (Å²) in [5.74, 6) is 0.0294. The van der Waals surface area contributed by atoms with Gasteiger partial charge >= 0.3 is 0 Å². The van der Waals surface area contributed by atoms with Crippen LogP contribution in [-0.4, -0.2) is 5.78 Å². The molecule has 0 aromatic heterocycles. The number of hydrogen-bond acceptors (Lipinski definition) is 2. The minimum absolute atomic E-state index is 0.0247. The van der Waals surface area contributed by atoms with E-state index in [1.54, 1.807) is 0 Å². The van der Waals surface area contributed by atoms with Crippen LogP contribution in [0, 0.1) is 18.3 Å². The fraction of sp³-hybridized carbons (Fsp3) is 0.316. The van der Waals surface area contributed by atoms with Gasteiger partial charge in [-0.25, -0.2) is 0 Å². The van der Waals surface area contributed by atoms with Gasteiger partial charge in [0.25, 0.3) is 0 Å². The molecule has 1 aliphatic rings. The van der Waals surface area contributed by atoms with Crippen LogP contribution in [0.3, 0.4) is 0 Å². The number of Topliss-reactive ketones (excluding diaryl/α,β-unsaturated/α-hetero) is 1. The van der Waals surface area contributed by atoms with Crippen LogP contribution in [-0.2, 0) is 4.79 Å². The lowest BCUT2D eigenvalue weighted by Gasteiger charge is -2.15. The monoisotopic (exact) mass is 300 g/mol. The van der Waals surface area contributed by atoms with E-state index in [-0.39, 0.29) is 11.2 Å². The summed E-state index contributed by atoms with van der Waals surface area (Å²) in [7, 11) is 0. The SMILES string of the molecule is C#C.C/C=C(C(=O)C1=CC=CC(C)(C)C=C1C)\C(S)=C/C. The maximum absolute atomic E-state index is 12.6. The molecule has 0 amide bonds. The number of carbonyl (C=O) groups excluding carboxylic acids is 1. The number of ketones is 1. The molecule has 0 N–H and O–H groups in total. The quantitative estimate of drug-likeness (QED) is 0.334. The Bertz CT molecular complexity index is 564. The van der Waals surface area contributed by atoms with Gasteiger partial charge in [-0.2, -0.15) is 0 Å². The van der Waals surface area contributed by atoms with Gasteiger partial charge in [-0.05, 0) is 26.3 Å². The molecule has 1 nitrogen and oxygen atoms in total. The van der Waals surface area contributed by atoms with Crippen LogP contribution in [0.2, 0.25) is 0 Å². The molecule has 0 saturated heterocycles. The van der Waals surface area contributed by atoms with E-state index in [0.29, 0.717) is 10.5 Å². The van der Waals surface area contributed by atoms with E-state index in [0.717, 1.165) is 11.1 Å². The van der Waals surface area contributed by atoms with Crippen molar-refractivity contribution in [2.75, 3.05) is 0 Å². The van der Waals surface area contributed by atoms with Crippen LogP contribution >= 0.6 is 12.6 Å². The topological polar surface area (TPSA) is 17.1 Å². The summed E-state index contributed by atoms with van der Waals surface area (Å²) >= 11 is 4.36. The summed E-state index contributed by atoms with van der Waals surface area (Å²) in [6, 6.07) is 0. The van der Waals surface area contributed by atoms with Gasteiger partial charge < -0.3 is 0 Å². The van der Waals surface area contributed by atoms with E-state index in [9.17, 15) is 4.79 Å². The zero-order valence-electron chi connectivity index (χ0n) is 13.5. The Balaban J connectivity index is 0.00000191. The van der Waals surface area contributed by atoms with E-state index in [1.165, 1.54) is 0 Å². The van der Waals surface area contributed by atoms with Crippen molar-refractivity contribution in [3.8, 4) is 12.8 Å². The second-order valence-electron chi connectivity index (χ2n) is 5.29. The van der Waals surface area contributed by atoms with E-state index in [4.69, 9.17) is 0 Å². The average molecular weight is 300 g/mol. The van der Waals surface area contributed by atoms with E-state index >= 15 is 0 Å². The Hall–Kier alpha value is -1.72. The fourth-order valence-corrected chi connectivity index (χ4v) is 2.39. The molecule has 0 radical (unpaired) electrons. The van der Waals surface area contributed by atoms with Crippen LogP contribution in [0.5, 0.6) is 0 Å². The first-order valence-corrected chi connectivity index (χ1v) is 7.26. The van der Waals surface area contributed by atoms with Crippen molar-refractivity contribution in [2.24, 2.45) is 5.41 Å². The van der Waals surface area contributed by atoms with Gasteiger partial charge in [-0.1, -0.05) is 50.3 Å². The number of terminal acetylenes is 1. The Labute approximate surface area is 134 Å². The first-order chi connectivity index (χ1) is 9.82. The van der Waals surface area contributed by atoms with Crippen molar-refractivity contribution in [1.82, 2.24) is 0 Å². The van der Waals surface area contributed by atoms with Gasteiger partial charge in [-0.15, -0.1) is 25.5 Å². The number of thiol groups is 1. The second kappa shape index (κ2) is 8.54. The first-order valence-electron chi connectivity index (χ1n) is 6.81. The Morgan fingerprint density at radius 3 is 2.29 bits per heavy atom. The Morgan fingerprint density at radius 2 is 1.81 bits per heavy atom. The molecule has 0 spiro atoms. The third-order valence-electron chi connectivity index (χ3n) is 3.13. The Kier molecular flexibility index (Phi) is 7.84. The molecular formula is C19H24OS. The fourth-order valence-electron chi connectivity index (χ4n) is 2.16. The van der Waals surface area contributed by atoms with Crippen molar-refractivity contribution in [3.05, 3.63) is 58.1 Å². The van der Waals surface area contributed by atoms with Crippen LogP contribution in [0.15, 0.2) is 58.1 Å². The number of allylic oxidation sites excluding steroid dienone is 9. The summed E-state index contributed by atoms with van der Waals surface area (Å²) in [6.45, 7) is 9.98. The lowest BCUT2D eigenvalue weighted by atomic mass is 9.89. The Morgan fingerprint density at radius 1 is 1.24 bits per heavy atom. The van der Waals surface area contributed by atoms with E-state index in [1.807, 2.05) is 45.1 Å². The number of hydrogen-bond donors (Lipinski definition) is 1. The molecule has 112 valence electrons. The van der Waals surface area contributed by atoms with Gasteiger partial charge in [0.2, 0.25) is 0 Å². The maximum atomic E-state index is 12.6. The molecule has 0 aliphatic heterocycles. The number of rotatable bonds is 3. The highest BCUT2D eigenvalue weighted by Crippen LogP contribution is 2.30. The third-order valence-corrected chi connectivity index (χ3v) is 3.63. The van der Waals surface area contributed by atoms with Crippen molar-refractivity contribution in [2.45, 2.75) is 34.6 Å². The predicted molar refractivity (Wildman–Crippen MR) is 96.2 cm³/mol. The highest BCUT2D eigenvalue weighted by molar-refractivity contribution is 7.84. The summed E-state index contributed by atoms with van der Waals surface area (Å²) in [4.78, 5) is 13.3. The van der Waals surface area contributed by atoms with Crippen molar-refractivity contribution < 1.29 is 4.79 Å². The minimum atomic E-state index is -0.0247. The maximum Gasteiger partial charge on any atom is 0.194 e. The molecule has 0 fully saturated rings. The summed E-state index contributed by atoms with van der Waals surface area (Å²) in [6.07, 6.45) is 19.7. The van der Waals surface area contributed by atoms with Crippen molar-refractivity contribution in [3.63, 3.8) is 0 Å². The van der Waals surface area contributed by atoms with Crippen LogP contribution in [0.4, 0.5) is 0 Å². The summed E-state index contributed by atoms with van der Waals surface area (Å²) in [5.41, 5.74) is 2.38. The highest BCUT2D eigenvalue weighted by Gasteiger charge is 2.21. The van der Waals surface area contributed by atoms with E-state index in [2.05, 4.69) is 51.5 Å². The molecule has 2 heteroatoms. The minimum Gasteiger partial charge on any atom is -0.289 e. The molecule has 0 aromatic carbocycles. The largest absolute Gasteiger partial charge is 0.289 e. The number of carbonyl (C=O) groups is 1. The van der Waals surface area contributed by atoms with Crippen LogP contribution < -0.4 is 0 Å². The molecular weight excluding hydrogens is 276 g/mol. The van der Waals surface area contributed by atoms with Crippen molar-refractivity contribution >= 4 is 18.4 Å². The van der Waals surface area contributed by atoms with Gasteiger partial charge in [0, 0.05) is 21.5 Å². The molecule has 21 heavy (non-hydrogen) atoms. The lowest BCUT2D eigenvalue weighted by molar-refractivity contribution is -0.111. The predicted octanol–water partition coefficient (Wildman–Crippen LogP) is 5.05. The zero-order chi connectivity index (χ0) is 16.6. The average Bonchev–Trinajstić information content (AvgIpc) is 2.58. The van der Waals surface area contributed by atoms with Gasteiger partial charge in [0.15, 0.2) is 5.78 Å². The second-order valence-corrected chi connectivity index (χ2v) is 5.78. The van der Waals surface area contributed by atoms with Gasteiger partial charge in [0.1, 0.15) is 0 Å². The van der Waals surface area contributed by atoms with Crippen LogP contribution in [0.25, 0.3) is 0 Å². The molecule has 0 unspecified atom stereocenters. The summed E-state index contributed by atoms with van der Waals surface area (Å²) in [5, 5.41) is 0. The molecule has 0 heterocycles. The molecule has 0 atom stereocenters. The molecule has 0 aromatic rings. The molecule has 1 aliphatic carbocycles. The van der Waals surface area contributed by atoms with Crippen molar-refractivity contribution in [1.29, 1.82) is 0 Å². The smallest absolute Gasteiger partial charge is 0.194 e. The highest BCUT2D eigenvalue weighted by atomic mass is 32.1. The molecule has 0 bridgehead atoms. The van der Waals surface area contributed by atoms with Gasteiger partial charge in [0.05, 0.1) is 0 Å². The molecule has 0 saturated carbocycles. The first kappa shape index (κ1) is 19.3. The molecule has 1 rings (SSSR count). The summed E-state index contributed by atoms with van der Waals surface area (Å²) < 4.78 is 0. The van der Waals surface area contributed by atoms with E-state index < -0.39 is 0 Å². The standard InChI is InChI=1S/C17H22OS.C2H2/c1-6-13(15(19)7-2)16(18)14-9-8-10-17(4,5)11-12(14)3;1-2/h6-11,19H,1-5H3;1-2H/b13-6+,15-7+;. The normalized spacial score (nSPS) is 17.9. The van der Waals surface area contributed by atoms with Gasteiger partial charge in [-0.3, -0.25) is 4.79 Å². The lowest BCUT2D eigenvalue weighted by Crippen LogP contribution is -2.09. The van der Waals surface area contributed by atoms with Crippen LogP contribution in [0.1, 0.15) is 34.6 Å².